The van der Waals surface area contributed by atoms with E-state index in [4.69, 9.17) is 4.74 Å². The fraction of sp³-hybridized carbons (Fsp3) is 0.136. The number of rotatable bonds is 7. The third-order valence-corrected chi connectivity index (χ3v) is 5.16. The number of carbonyl (C=O) groups is 1. The molecule has 0 atom stereocenters. The summed E-state index contributed by atoms with van der Waals surface area (Å²) in [5.74, 6) is 0.380. The van der Waals surface area contributed by atoms with Crippen LogP contribution in [0, 0.1) is 6.92 Å². The van der Waals surface area contributed by atoms with Crippen LogP contribution in [-0.2, 0) is 6.54 Å². The number of hydrogen-bond acceptors (Lipinski definition) is 4. The lowest BCUT2D eigenvalue weighted by molar-refractivity contribution is 0.102. The Morgan fingerprint density at radius 2 is 1.97 bits per heavy atom. The van der Waals surface area contributed by atoms with Gasteiger partial charge in [-0.2, -0.15) is 5.10 Å². The number of hydrogen-bond donors (Lipinski definition) is 1. The highest BCUT2D eigenvalue weighted by molar-refractivity contribution is 9.10. The molecule has 1 amide bonds. The van der Waals surface area contributed by atoms with E-state index in [-0.39, 0.29) is 5.91 Å². The second-order valence-electron chi connectivity index (χ2n) is 6.63. The number of para-hydroxylation sites is 2. The number of ether oxygens (including phenoxy) is 1. The van der Waals surface area contributed by atoms with Gasteiger partial charge in [0.05, 0.1) is 41.7 Å². The Kier molecular flexibility index (Phi) is 5.94. The normalized spacial score (nSPS) is 10.7. The number of halogens is 1. The monoisotopic (exact) mass is 465 g/mol. The van der Waals surface area contributed by atoms with Crippen LogP contribution in [0.5, 0.6) is 5.75 Å². The topological polar surface area (TPSA) is 74.0 Å². The summed E-state index contributed by atoms with van der Waals surface area (Å²) in [5.41, 5.74) is 2.77. The van der Waals surface area contributed by atoms with E-state index >= 15 is 0 Å². The van der Waals surface area contributed by atoms with Crippen LogP contribution in [0.25, 0.3) is 5.69 Å². The summed E-state index contributed by atoms with van der Waals surface area (Å²) >= 11 is 3.43. The first kappa shape index (κ1) is 19.9. The van der Waals surface area contributed by atoms with Crippen LogP contribution in [0.2, 0.25) is 0 Å². The number of imidazole rings is 1. The Hall–Kier alpha value is -3.39. The number of amides is 1. The van der Waals surface area contributed by atoms with Crippen molar-refractivity contribution >= 4 is 27.5 Å². The molecule has 0 spiro atoms. The molecule has 4 rings (SSSR count). The van der Waals surface area contributed by atoms with Crippen molar-refractivity contribution < 1.29 is 9.53 Å². The number of benzene rings is 2. The van der Waals surface area contributed by atoms with Gasteiger partial charge in [0.1, 0.15) is 12.4 Å². The predicted octanol–water partition coefficient (Wildman–Crippen LogP) is 4.47. The molecule has 4 aromatic rings. The van der Waals surface area contributed by atoms with Crippen LogP contribution in [0.3, 0.4) is 0 Å². The first-order valence-electron chi connectivity index (χ1n) is 9.41. The van der Waals surface area contributed by atoms with E-state index in [1.54, 1.807) is 23.4 Å². The van der Waals surface area contributed by atoms with E-state index in [0.717, 1.165) is 15.9 Å². The third-order valence-electron chi connectivity index (χ3n) is 4.63. The Morgan fingerprint density at radius 3 is 2.73 bits per heavy atom. The molecule has 7 nitrogen and oxygen atoms in total. The number of aromatic nitrogens is 4. The van der Waals surface area contributed by atoms with Gasteiger partial charge in [-0.15, -0.1) is 0 Å². The minimum Gasteiger partial charge on any atom is -0.490 e. The van der Waals surface area contributed by atoms with Crippen molar-refractivity contribution in [2.75, 3.05) is 11.9 Å². The zero-order chi connectivity index (χ0) is 20.9. The van der Waals surface area contributed by atoms with Gasteiger partial charge in [0.2, 0.25) is 0 Å². The number of nitrogens with one attached hydrogen (secondary N) is 1. The molecule has 0 aliphatic rings. The van der Waals surface area contributed by atoms with Gasteiger partial charge in [0.15, 0.2) is 0 Å². The van der Waals surface area contributed by atoms with E-state index in [1.807, 2.05) is 66.2 Å². The molecule has 0 saturated carbocycles. The molecule has 0 radical (unpaired) electrons. The molecule has 0 aliphatic carbocycles. The van der Waals surface area contributed by atoms with E-state index in [2.05, 4.69) is 31.3 Å². The van der Waals surface area contributed by atoms with Crippen molar-refractivity contribution in [3.05, 3.63) is 89.2 Å². The summed E-state index contributed by atoms with van der Waals surface area (Å²) in [6.07, 6.45) is 6.92. The highest BCUT2D eigenvalue weighted by Crippen LogP contribution is 2.25. The molecule has 152 valence electrons. The van der Waals surface area contributed by atoms with Gasteiger partial charge in [-0.05, 0) is 43.3 Å². The van der Waals surface area contributed by atoms with Crippen molar-refractivity contribution in [3.63, 3.8) is 0 Å². The lowest BCUT2D eigenvalue weighted by Gasteiger charge is -2.13. The molecule has 0 aliphatic heterocycles. The zero-order valence-corrected chi connectivity index (χ0v) is 17.9. The molecular weight excluding hydrogens is 446 g/mol. The smallest absolute Gasteiger partial charge is 0.259 e. The quantitative estimate of drug-likeness (QED) is 0.436. The molecule has 2 aromatic heterocycles. The van der Waals surface area contributed by atoms with E-state index in [9.17, 15) is 4.79 Å². The summed E-state index contributed by atoms with van der Waals surface area (Å²) in [7, 11) is 0. The fourth-order valence-electron chi connectivity index (χ4n) is 3.04. The van der Waals surface area contributed by atoms with Crippen LogP contribution in [0.4, 0.5) is 5.69 Å². The Balaban J connectivity index is 1.47. The Morgan fingerprint density at radius 1 is 1.17 bits per heavy atom. The molecular formula is C22H20BrN5O2. The van der Waals surface area contributed by atoms with Gasteiger partial charge >= 0.3 is 0 Å². The second-order valence-corrected chi connectivity index (χ2v) is 7.55. The summed E-state index contributed by atoms with van der Waals surface area (Å²) in [5, 5.41) is 7.32. The second kappa shape index (κ2) is 8.96. The SMILES string of the molecule is Cc1c(C(=O)Nc2ccccc2OCCn2ccnc2)cnn1-c1ccc(Br)cc1. The van der Waals surface area contributed by atoms with Crippen LogP contribution in [-0.4, -0.2) is 31.8 Å². The number of nitrogens with zero attached hydrogens (tertiary/aromatic N) is 4. The third kappa shape index (κ3) is 4.44. The van der Waals surface area contributed by atoms with Gasteiger partial charge in [0.25, 0.3) is 5.91 Å². The van der Waals surface area contributed by atoms with Crippen LogP contribution >= 0.6 is 15.9 Å². The van der Waals surface area contributed by atoms with Crippen molar-refractivity contribution in [1.29, 1.82) is 0 Å². The summed E-state index contributed by atoms with van der Waals surface area (Å²) in [6, 6.07) is 15.1. The van der Waals surface area contributed by atoms with Gasteiger partial charge in [-0.3, -0.25) is 4.79 Å². The van der Waals surface area contributed by atoms with Crippen molar-refractivity contribution in [2.24, 2.45) is 0 Å². The van der Waals surface area contributed by atoms with Gasteiger partial charge in [-0.1, -0.05) is 28.1 Å². The molecule has 2 aromatic carbocycles. The molecule has 8 heteroatoms. The lowest BCUT2D eigenvalue weighted by atomic mass is 10.2. The predicted molar refractivity (Wildman–Crippen MR) is 118 cm³/mol. The minimum atomic E-state index is -0.235. The molecule has 0 bridgehead atoms. The van der Waals surface area contributed by atoms with Crippen LogP contribution in [0.15, 0.2) is 77.9 Å². The molecule has 30 heavy (non-hydrogen) atoms. The molecule has 0 fully saturated rings. The van der Waals surface area contributed by atoms with Gasteiger partial charge in [-0.25, -0.2) is 9.67 Å². The van der Waals surface area contributed by atoms with Crippen molar-refractivity contribution in [3.8, 4) is 11.4 Å². The van der Waals surface area contributed by atoms with Gasteiger partial charge in [0, 0.05) is 16.9 Å². The maximum Gasteiger partial charge on any atom is 0.259 e. The molecule has 2 heterocycles. The summed E-state index contributed by atoms with van der Waals surface area (Å²) in [4.78, 5) is 16.9. The number of anilines is 1. The molecule has 0 unspecified atom stereocenters. The maximum atomic E-state index is 12.9. The zero-order valence-electron chi connectivity index (χ0n) is 16.3. The first-order chi connectivity index (χ1) is 14.6. The summed E-state index contributed by atoms with van der Waals surface area (Å²) in [6.45, 7) is 3.00. The van der Waals surface area contributed by atoms with Gasteiger partial charge < -0.3 is 14.6 Å². The minimum absolute atomic E-state index is 0.235. The van der Waals surface area contributed by atoms with E-state index in [1.165, 1.54) is 0 Å². The largest absolute Gasteiger partial charge is 0.490 e. The Bertz CT molecular complexity index is 1140. The standard InChI is InChI=1S/C22H20BrN5O2/c1-16-19(14-25-28(16)18-8-6-17(23)7-9-18)22(29)26-20-4-2-3-5-21(20)30-13-12-27-11-10-24-15-27/h2-11,14-15H,12-13H2,1H3,(H,26,29). The average molecular weight is 466 g/mol. The van der Waals surface area contributed by atoms with E-state index < -0.39 is 0 Å². The molecule has 1 N–H and O–H groups in total. The van der Waals surface area contributed by atoms with Crippen molar-refractivity contribution in [1.82, 2.24) is 19.3 Å². The highest BCUT2D eigenvalue weighted by Gasteiger charge is 2.17. The lowest BCUT2D eigenvalue weighted by Crippen LogP contribution is -2.15. The summed E-state index contributed by atoms with van der Waals surface area (Å²) < 4.78 is 10.5. The average Bonchev–Trinajstić information content (AvgIpc) is 3.40. The first-order valence-corrected chi connectivity index (χ1v) is 10.2. The van der Waals surface area contributed by atoms with Crippen molar-refractivity contribution in [2.45, 2.75) is 13.5 Å². The molecule has 0 saturated heterocycles. The van der Waals surface area contributed by atoms with Crippen LogP contribution in [0.1, 0.15) is 16.1 Å². The Labute approximate surface area is 182 Å². The fourth-order valence-corrected chi connectivity index (χ4v) is 3.30. The highest BCUT2D eigenvalue weighted by atomic mass is 79.9. The number of carbonyl (C=O) groups excluding carboxylic acids is 1. The van der Waals surface area contributed by atoms with Crippen LogP contribution < -0.4 is 10.1 Å². The van der Waals surface area contributed by atoms with E-state index in [0.29, 0.717) is 30.2 Å². The maximum absolute atomic E-state index is 12.9.